The molecular weight excluding hydrogens is 264 g/mol. The normalized spacial score (nSPS) is 18.0. The van der Waals surface area contributed by atoms with Crippen molar-refractivity contribution in [2.45, 2.75) is 32.7 Å². The number of nitrogens with two attached hydrogens (primary N) is 1. The highest BCUT2D eigenvalue weighted by molar-refractivity contribution is 5.95. The lowest BCUT2D eigenvalue weighted by Gasteiger charge is -2.33. The zero-order valence-electron chi connectivity index (χ0n) is 11.8. The van der Waals surface area contributed by atoms with E-state index < -0.39 is 0 Å². The number of halogens is 1. The quantitative estimate of drug-likeness (QED) is 0.892. The van der Waals surface area contributed by atoms with Gasteiger partial charge in [-0.2, -0.15) is 5.10 Å². The molecule has 0 aromatic carbocycles. The molecule has 0 saturated carbocycles. The van der Waals surface area contributed by atoms with E-state index in [1.54, 1.807) is 10.9 Å². The standard InChI is InChI=1S/C13H22N4O.ClH/c1-9(14)11-4-6-17(7-5-11)13(18)12-8-16(3)15-10(12)2;/h8-9,11H,4-7,14H2,1-3H3;1H. The number of carbonyl (C=O) groups excluding carboxylic acids is 1. The molecule has 1 aromatic heterocycles. The maximum absolute atomic E-state index is 12.4. The molecule has 0 radical (unpaired) electrons. The van der Waals surface area contributed by atoms with Crippen LogP contribution in [0.2, 0.25) is 0 Å². The number of aromatic nitrogens is 2. The minimum Gasteiger partial charge on any atom is -0.339 e. The van der Waals surface area contributed by atoms with E-state index in [9.17, 15) is 4.79 Å². The number of rotatable bonds is 2. The van der Waals surface area contributed by atoms with Crippen molar-refractivity contribution in [1.82, 2.24) is 14.7 Å². The van der Waals surface area contributed by atoms with Crippen molar-refractivity contribution in [1.29, 1.82) is 0 Å². The Labute approximate surface area is 120 Å². The summed E-state index contributed by atoms with van der Waals surface area (Å²) in [4.78, 5) is 14.3. The summed E-state index contributed by atoms with van der Waals surface area (Å²) in [7, 11) is 1.84. The van der Waals surface area contributed by atoms with E-state index >= 15 is 0 Å². The van der Waals surface area contributed by atoms with Crippen LogP contribution in [0, 0.1) is 12.8 Å². The molecular formula is C13H23ClN4O. The molecule has 2 rings (SSSR count). The molecule has 1 aromatic rings. The molecule has 0 aliphatic carbocycles. The lowest BCUT2D eigenvalue weighted by Crippen LogP contribution is -2.42. The molecule has 5 nitrogen and oxygen atoms in total. The van der Waals surface area contributed by atoms with Crippen molar-refractivity contribution in [3.05, 3.63) is 17.5 Å². The summed E-state index contributed by atoms with van der Waals surface area (Å²) in [5, 5.41) is 4.22. The molecule has 1 unspecified atom stereocenters. The second-order valence-electron chi connectivity index (χ2n) is 5.29. The Morgan fingerprint density at radius 3 is 2.47 bits per heavy atom. The van der Waals surface area contributed by atoms with Crippen molar-refractivity contribution in [2.24, 2.45) is 18.7 Å². The van der Waals surface area contributed by atoms with Crippen LogP contribution >= 0.6 is 12.4 Å². The van der Waals surface area contributed by atoms with Crippen LogP contribution < -0.4 is 5.73 Å². The number of piperidine rings is 1. The molecule has 108 valence electrons. The van der Waals surface area contributed by atoms with Gasteiger partial charge in [0.2, 0.25) is 0 Å². The highest BCUT2D eigenvalue weighted by atomic mass is 35.5. The van der Waals surface area contributed by atoms with Crippen LogP contribution in [0.1, 0.15) is 35.8 Å². The molecule has 0 bridgehead atoms. The molecule has 2 N–H and O–H groups in total. The molecule has 1 amide bonds. The van der Waals surface area contributed by atoms with Gasteiger partial charge in [-0.05, 0) is 32.6 Å². The minimum absolute atomic E-state index is 0. The Morgan fingerprint density at radius 2 is 2.05 bits per heavy atom. The van der Waals surface area contributed by atoms with E-state index in [0.717, 1.165) is 37.2 Å². The summed E-state index contributed by atoms with van der Waals surface area (Å²) in [6.45, 7) is 5.54. The Hall–Kier alpha value is -1.07. The monoisotopic (exact) mass is 286 g/mol. The predicted molar refractivity (Wildman–Crippen MR) is 77.5 cm³/mol. The summed E-state index contributed by atoms with van der Waals surface area (Å²) in [5.41, 5.74) is 7.43. The zero-order chi connectivity index (χ0) is 13.3. The van der Waals surface area contributed by atoms with E-state index in [-0.39, 0.29) is 24.4 Å². The van der Waals surface area contributed by atoms with Crippen LogP contribution in [0.15, 0.2) is 6.20 Å². The Morgan fingerprint density at radius 1 is 1.47 bits per heavy atom. The fourth-order valence-electron chi connectivity index (χ4n) is 2.61. The number of carbonyl (C=O) groups is 1. The van der Waals surface area contributed by atoms with Gasteiger partial charge >= 0.3 is 0 Å². The fourth-order valence-corrected chi connectivity index (χ4v) is 2.61. The first kappa shape index (κ1) is 16.0. The lowest BCUT2D eigenvalue weighted by atomic mass is 9.91. The average Bonchev–Trinajstić information content (AvgIpc) is 2.67. The van der Waals surface area contributed by atoms with E-state index in [4.69, 9.17) is 5.73 Å². The summed E-state index contributed by atoms with van der Waals surface area (Å²) >= 11 is 0. The topological polar surface area (TPSA) is 64.2 Å². The summed E-state index contributed by atoms with van der Waals surface area (Å²) in [6.07, 6.45) is 3.81. The number of aryl methyl sites for hydroxylation is 2. The van der Waals surface area contributed by atoms with Crippen molar-refractivity contribution < 1.29 is 4.79 Å². The van der Waals surface area contributed by atoms with Crippen LogP contribution in [0.25, 0.3) is 0 Å². The van der Waals surface area contributed by atoms with Gasteiger partial charge in [-0.25, -0.2) is 0 Å². The number of likely N-dealkylation sites (tertiary alicyclic amines) is 1. The number of amides is 1. The molecule has 19 heavy (non-hydrogen) atoms. The average molecular weight is 287 g/mol. The van der Waals surface area contributed by atoms with Gasteiger partial charge in [-0.15, -0.1) is 12.4 Å². The molecule has 1 saturated heterocycles. The van der Waals surface area contributed by atoms with Gasteiger partial charge in [0, 0.05) is 32.4 Å². The van der Waals surface area contributed by atoms with Gasteiger partial charge < -0.3 is 10.6 Å². The third kappa shape index (κ3) is 3.48. The van der Waals surface area contributed by atoms with Gasteiger partial charge in [0.25, 0.3) is 5.91 Å². The number of hydrogen-bond donors (Lipinski definition) is 1. The minimum atomic E-state index is 0. The van der Waals surface area contributed by atoms with E-state index in [1.165, 1.54) is 0 Å². The lowest BCUT2D eigenvalue weighted by molar-refractivity contribution is 0.0680. The van der Waals surface area contributed by atoms with Crippen LogP contribution in [0.5, 0.6) is 0 Å². The Balaban J connectivity index is 0.00000180. The van der Waals surface area contributed by atoms with Gasteiger partial charge in [0.05, 0.1) is 11.3 Å². The first-order valence-electron chi connectivity index (χ1n) is 6.54. The van der Waals surface area contributed by atoms with Gasteiger partial charge in [-0.3, -0.25) is 9.48 Å². The third-order valence-corrected chi connectivity index (χ3v) is 3.81. The third-order valence-electron chi connectivity index (χ3n) is 3.81. The smallest absolute Gasteiger partial charge is 0.257 e. The van der Waals surface area contributed by atoms with Crippen molar-refractivity contribution in [2.75, 3.05) is 13.1 Å². The first-order valence-corrected chi connectivity index (χ1v) is 6.54. The van der Waals surface area contributed by atoms with Crippen LogP contribution in [0.4, 0.5) is 0 Å². The van der Waals surface area contributed by atoms with Gasteiger partial charge in [0.15, 0.2) is 0 Å². The first-order chi connectivity index (χ1) is 8.49. The van der Waals surface area contributed by atoms with Gasteiger partial charge in [0.1, 0.15) is 0 Å². The zero-order valence-corrected chi connectivity index (χ0v) is 12.6. The molecule has 1 atom stereocenters. The molecule has 1 aliphatic heterocycles. The molecule has 0 spiro atoms. The van der Waals surface area contributed by atoms with E-state index in [1.807, 2.05) is 25.8 Å². The van der Waals surface area contributed by atoms with E-state index in [2.05, 4.69) is 5.10 Å². The van der Waals surface area contributed by atoms with Gasteiger partial charge in [-0.1, -0.05) is 0 Å². The summed E-state index contributed by atoms with van der Waals surface area (Å²) < 4.78 is 1.69. The van der Waals surface area contributed by atoms with Crippen molar-refractivity contribution >= 4 is 18.3 Å². The summed E-state index contributed by atoms with van der Waals surface area (Å²) in [6, 6.07) is 0.224. The Kier molecular flexibility index (Phi) is 5.38. The number of nitrogens with zero attached hydrogens (tertiary/aromatic N) is 3. The number of hydrogen-bond acceptors (Lipinski definition) is 3. The highest BCUT2D eigenvalue weighted by Crippen LogP contribution is 2.21. The SMILES string of the molecule is Cc1nn(C)cc1C(=O)N1CCC(C(C)N)CC1.Cl. The van der Waals surface area contributed by atoms with Crippen LogP contribution in [0.3, 0.4) is 0 Å². The largest absolute Gasteiger partial charge is 0.339 e. The van der Waals surface area contributed by atoms with E-state index in [0.29, 0.717) is 5.92 Å². The van der Waals surface area contributed by atoms with Crippen molar-refractivity contribution in [3.63, 3.8) is 0 Å². The molecule has 1 fully saturated rings. The second-order valence-corrected chi connectivity index (χ2v) is 5.29. The van der Waals surface area contributed by atoms with Crippen LogP contribution in [-0.4, -0.2) is 39.7 Å². The van der Waals surface area contributed by atoms with Crippen LogP contribution in [-0.2, 0) is 7.05 Å². The predicted octanol–water partition coefficient (Wildman–Crippen LogP) is 1.35. The second kappa shape index (κ2) is 6.39. The molecule has 2 heterocycles. The Bertz CT molecular complexity index is 436. The molecule has 1 aliphatic rings. The molecule has 6 heteroatoms. The maximum atomic E-state index is 12.4. The highest BCUT2D eigenvalue weighted by Gasteiger charge is 2.26. The fraction of sp³-hybridized carbons (Fsp3) is 0.692. The summed E-state index contributed by atoms with van der Waals surface area (Å²) in [5.74, 6) is 0.646. The maximum Gasteiger partial charge on any atom is 0.257 e. The van der Waals surface area contributed by atoms with Crippen molar-refractivity contribution in [3.8, 4) is 0 Å².